The number of aryl methyl sites for hydroxylation is 1. The van der Waals surface area contributed by atoms with Gasteiger partial charge in [0.15, 0.2) is 0 Å². The van der Waals surface area contributed by atoms with Crippen molar-refractivity contribution in [3.8, 4) is 0 Å². The molecule has 0 spiro atoms. The van der Waals surface area contributed by atoms with E-state index in [2.05, 4.69) is 56.4 Å². The van der Waals surface area contributed by atoms with E-state index in [1.54, 1.807) is 0 Å². The van der Waals surface area contributed by atoms with Crippen LogP contribution in [0.25, 0.3) is 0 Å². The average Bonchev–Trinajstić information content (AvgIpc) is 2.37. The molecule has 18 heavy (non-hydrogen) atoms. The fourth-order valence-corrected chi connectivity index (χ4v) is 1.82. The van der Waals surface area contributed by atoms with Crippen LogP contribution < -0.4 is 11.1 Å². The SMILES string of the molecule is CCC(C)(C)CNCC(N)CCc1ccccc1. The van der Waals surface area contributed by atoms with Gasteiger partial charge in [-0.25, -0.2) is 0 Å². The molecule has 0 amide bonds. The Hall–Kier alpha value is -0.860. The summed E-state index contributed by atoms with van der Waals surface area (Å²) in [5, 5.41) is 3.49. The molecule has 1 unspecified atom stereocenters. The third-order valence-electron chi connectivity index (χ3n) is 3.61. The lowest BCUT2D eigenvalue weighted by Gasteiger charge is -2.24. The molecule has 0 fully saturated rings. The second-order valence-electron chi connectivity index (χ2n) is 5.93. The van der Waals surface area contributed by atoms with E-state index in [1.807, 2.05) is 0 Å². The molecule has 0 aliphatic carbocycles. The first-order chi connectivity index (χ1) is 8.53. The molecule has 3 N–H and O–H groups in total. The molecule has 1 rings (SSSR count). The van der Waals surface area contributed by atoms with E-state index in [9.17, 15) is 0 Å². The molecule has 0 aliphatic rings. The quantitative estimate of drug-likeness (QED) is 0.742. The second-order valence-corrected chi connectivity index (χ2v) is 5.93. The molecule has 1 atom stereocenters. The summed E-state index contributed by atoms with van der Waals surface area (Å²) in [6.45, 7) is 8.76. The first kappa shape index (κ1) is 15.2. The highest BCUT2D eigenvalue weighted by molar-refractivity contribution is 5.14. The molecule has 0 aromatic heterocycles. The zero-order valence-electron chi connectivity index (χ0n) is 12.1. The zero-order valence-corrected chi connectivity index (χ0v) is 12.1. The van der Waals surface area contributed by atoms with Gasteiger partial charge < -0.3 is 11.1 Å². The Balaban J connectivity index is 2.16. The number of hydrogen-bond acceptors (Lipinski definition) is 2. The highest BCUT2D eigenvalue weighted by Gasteiger charge is 2.14. The van der Waals surface area contributed by atoms with Crippen molar-refractivity contribution in [2.24, 2.45) is 11.1 Å². The molecule has 102 valence electrons. The summed E-state index contributed by atoms with van der Waals surface area (Å²) in [6, 6.07) is 10.8. The van der Waals surface area contributed by atoms with Crippen LogP contribution in [0.3, 0.4) is 0 Å². The first-order valence-corrected chi connectivity index (χ1v) is 7.04. The van der Waals surface area contributed by atoms with Crippen molar-refractivity contribution >= 4 is 0 Å². The summed E-state index contributed by atoms with van der Waals surface area (Å²) in [5.41, 5.74) is 7.88. The van der Waals surface area contributed by atoms with Crippen LogP contribution in [0.5, 0.6) is 0 Å². The maximum absolute atomic E-state index is 6.13. The highest BCUT2D eigenvalue weighted by Crippen LogP contribution is 2.17. The molecule has 0 aliphatic heterocycles. The Morgan fingerprint density at radius 2 is 1.89 bits per heavy atom. The normalized spacial score (nSPS) is 13.6. The van der Waals surface area contributed by atoms with Gasteiger partial charge in [0.05, 0.1) is 0 Å². The van der Waals surface area contributed by atoms with Gasteiger partial charge in [-0.15, -0.1) is 0 Å². The van der Waals surface area contributed by atoms with Crippen molar-refractivity contribution in [2.75, 3.05) is 13.1 Å². The van der Waals surface area contributed by atoms with Gasteiger partial charge in [0.1, 0.15) is 0 Å². The number of rotatable bonds is 8. The number of benzene rings is 1. The van der Waals surface area contributed by atoms with Gasteiger partial charge in [-0.05, 0) is 30.2 Å². The number of nitrogens with two attached hydrogens (primary N) is 1. The summed E-state index contributed by atoms with van der Waals surface area (Å²) in [5.74, 6) is 0. The van der Waals surface area contributed by atoms with E-state index in [-0.39, 0.29) is 6.04 Å². The number of nitrogens with one attached hydrogen (secondary N) is 1. The maximum Gasteiger partial charge on any atom is 0.0168 e. The Kier molecular flexibility index (Phi) is 6.37. The standard InChI is InChI=1S/C16H28N2/c1-4-16(2,3)13-18-12-15(17)11-10-14-8-6-5-7-9-14/h5-9,15,18H,4,10-13,17H2,1-3H3. The fourth-order valence-electron chi connectivity index (χ4n) is 1.82. The molecule has 1 aromatic rings. The lowest BCUT2D eigenvalue weighted by molar-refractivity contribution is 0.323. The molecule has 0 bridgehead atoms. The van der Waals surface area contributed by atoms with Crippen LogP contribution in [0, 0.1) is 5.41 Å². The van der Waals surface area contributed by atoms with E-state index in [4.69, 9.17) is 5.73 Å². The molecule has 0 saturated carbocycles. The second kappa shape index (κ2) is 7.55. The van der Waals surface area contributed by atoms with Gasteiger partial charge in [0.25, 0.3) is 0 Å². The fraction of sp³-hybridized carbons (Fsp3) is 0.625. The first-order valence-electron chi connectivity index (χ1n) is 7.04. The predicted molar refractivity (Wildman–Crippen MR) is 79.7 cm³/mol. The van der Waals surface area contributed by atoms with Crippen LogP contribution >= 0.6 is 0 Å². The molecule has 0 saturated heterocycles. The summed E-state index contributed by atoms with van der Waals surface area (Å²) in [7, 11) is 0. The van der Waals surface area contributed by atoms with E-state index >= 15 is 0 Å². The monoisotopic (exact) mass is 248 g/mol. The maximum atomic E-state index is 6.13. The van der Waals surface area contributed by atoms with Crippen LogP contribution in [-0.4, -0.2) is 19.1 Å². The highest BCUT2D eigenvalue weighted by atomic mass is 14.9. The molecule has 0 radical (unpaired) electrons. The lowest BCUT2D eigenvalue weighted by Crippen LogP contribution is -2.38. The van der Waals surface area contributed by atoms with Crippen LogP contribution in [-0.2, 0) is 6.42 Å². The summed E-state index contributed by atoms with van der Waals surface area (Å²) >= 11 is 0. The summed E-state index contributed by atoms with van der Waals surface area (Å²) < 4.78 is 0. The van der Waals surface area contributed by atoms with Crippen molar-refractivity contribution in [1.29, 1.82) is 0 Å². The van der Waals surface area contributed by atoms with Crippen LogP contribution in [0.15, 0.2) is 30.3 Å². The Labute approximate surface area is 112 Å². The Bertz CT molecular complexity index is 319. The lowest BCUT2D eigenvalue weighted by atomic mass is 9.90. The van der Waals surface area contributed by atoms with Gasteiger partial charge in [-0.3, -0.25) is 0 Å². The van der Waals surface area contributed by atoms with Crippen molar-refractivity contribution < 1.29 is 0 Å². The molecule has 2 heteroatoms. The van der Waals surface area contributed by atoms with E-state index < -0.39 is 0 Å². The zero-order chi connectivity index (χ0) is 13.4. The van der Waals surface area contributed by atoms with Gasteiger partial charge >= 0.3 is 0 Å². The molecule has 0 heterocycles. The van der Waals surface area contributed by atoms with Crippen LogP contribution in [0.2, 0.25) is 0 Å². The molecular weight excluding hydrogens is 220 g/mol. The third-order valence-corrected chi connectivity index (χ3v) is 3.61. The third kappa shape index (κ3) is 6.18. The van der Waals surface area contributed by atoms with Crippen LogP contribution in [0.4, 0.5) is 0 Å². The van der Waals surface area contributed by atoms with Crippen molar-refractivity contribution in [3.05, 3.63) is 35.9 Å². The van der Waals surface area contributed by atoms with Crippen molar-refractivity contribution in [3.63, 3.8) is 0 Å². The number of hydrogen-bond donors (Lipinski definition) is 2. The van der Waals surface area contributed by atoms with E-state index in [0.29, 0.717) is 5.41 Å². The minimum Gasteiger partial charge on any atom is -0.327 e. The van der Waals surface area contributed by atoms with Crippen LogP contribution in [0.1, 0.15) is 39.2 Å². The minimum atomic E-state index is 0.248. The molecule has 1 aromatic carbocycles. The largest absolute Gasteiger partial charge is 0.327 e. The molecular formula is C16H28N2. The van der Waals surface area contributed by atoms with E-state index in [0.717, 1.165) is 25.9 Å². The Morgan fingerprint density at radius 3 is 2.50 bits per heavy atom. The summed E-state index contributed by atoms with van der Waals surface area (Å²) in [6.07, 6.45) is 3.31. The van der Waals surface area contributed by atoms with Gasteiger partial charge in [-0.2, -0.15) is 0 Å². The Morgan fingerprint density at radius 1 is 1.22 bits per heavy atom. The van der Waals surface area contributed by atoms with Gasteiger partial charge in [-0.1, -0.05) is 51.1 Å². The minimum absolute atomic E-state index is 0.248. The topological polar surface area (TPSA) is 38.0 Å². The van der Waals surface area contributed by atoms with Crippen molar-refractivity contribution in [2.45, 2.75) is 46.1 Å². The predicted octanol–water partition coefficient (Wildman–Crippen LogP) is 2.97. The van der Waals surface area contributed by atoms with Gasteiger partial charge in [0.2, 0.25) is 0 Å². The molecule has 2 nitrogen and oxygen atoms in total. The smallest absolute Gasteiger partial charge is 0.0168 e. The average molecular weight is 248 g/mol. The van der Waals surface area contributed by atoms with Gasteiger partial charge in [0, 0.05) is 19.1 Å². The summed E-state index contributed by atoms with van der Waals surface area (Å²) in [4.78, 5) is 0. The van der Waals surface area contributed by atoms with E-state index in [1.165, 1.54) is 12.0 Å². The van der Waals surface area contributed by atoms with Crippen molar-refractivity contribution in [1.82, 2.24) is 5.32 Å².